The molecule has 0 radical (unpaired) electrons. The molecular weight excluding hydrogens is 236 g/mol. The van der Waals surface area contributed by atoms with Gasteiger partial charge in [0.1, 0.15) is 12.1 Å². The van der Waals surface area contributed by atoms with Crippen LogP contribution < -0.4 is 11.5 Å². The van der Waals surface area contributed by atoms with E-state index in [0.29, 0.717) is 19.3 Å². The molecule has 0 amide bonds. The molecule has 2 atom stereocenters. The number of rotatable bonds is 9. The van der Waals surface area contributed by atoms with E-state index in [9.17, 15) is 9.59 Å². The summed E-state index contributed by atoms with van der Waals surface area (Å²) < 4.78 is 4.82. The molecule has 0 rings (SSSR count). The maximum atomic E-state index is 11.4. The van der Waals surface area contributed by atoms with Crippen molar-refractivity contribution < 1.29 is 19.4 Å². The number of carbonyl (C=O) groups excluding carboxylic acids is 1. The van der Waals surface area contributed by atoms with Gasteiger partial charge in [-0.05, 0) is 31.8 Å². The molecule has 0 spiro atoms. The standard InChI is InChI=1S/C12H22N2O4/c1-2-3-4-8-18-12(17)10(14)7-5-6-9(13)11(15)16/h4,8-10H,2-3,5-7,13-14H2,1H3,(H,15,16)/b8-4+. The molecule has 104 valence electrons. The Kier molecular flexibility index (Phi) is 8.86. The molecule has 6 heteroatoms. The first kappa shape index (κ1) is 16.6. The minimum atomic E-state index is -1.05. The van der Waals surface area contributed by atoms with Crippen LogP contribution in [0.25, 0.3) is 0 Å². The van der Waals surface area contributed by atoms with Crippen molar-refractivity contribution in [2.45, 2.75) is 51.1 Å². The van der Waals surface area contributed by atoms with Crippen LogP contribution in [-0.2, 0) is 14.3 Å². The average Bonchev–Trinajstić information content (AvgIpc) is 2.33. The molecule has 0 aliphatic heterocycles. The Balaban J connectivity index is 3.77. The summed E-state index contributed by atoms with van der Waals surface area (Å²) in [6.07, 6.45) is 6.05. The van der Waals surface area contributed by atoms with Crippen LogP contribution in [0.1, 0.15) is 39.0 Å². The fourth-order valence-electron chi connectivity index (χ4n) is 1.24. The van der Waals surface area contributed by atoms with Crippen molar-refractivity contribution in [3.8, 4) is 0 Å². The Morgan fingerprint density at radius 1 is 1.28 bits per heavy atom. The fourth-order valence-corrected chi connectivity index (χ4v) is 1.24. The molecule has 0 saturated heterocycles. The first-order chi connectivity index (χ1) is 8.49. The zero-order valence-electron chi connectivity index (χ0n) is 10.7. The molecule has 0 aromatic carbocycles. The van der Waals surface area contributed by atoms with Crippen LogP contribution in [0.5, 0.6) is 0 Å². The largest absolute Gasteiger partial charge is 0.480 e. The summed E-state index contributed by atoms with van der Waals surface area (Å²) in [4.78, 5) is 21.8. The molecule has 0 aliphatic rings. The van der Waals surface area contributed by atoms with E-state index in [1.165, 1.54) is 6.26 Å². The molecule has 0 aromatic rings. The normalized spacial score (nSPS) is 14.4. The summed E-state index contributed by atoms with van der Waals surface area (Å²) >= 11 is 0. The molecular formula is C12H22N2O4. The van der Waals surface area contributed by atoms with E-state index >= 15 is 0 Å². The van der Waals surface area contributed by atoms with Gasteiger partial charge in [-0.3, -0.25) is 4.79 Å². The van der Waals surface area contributed by atoms with E-state index in [1.807, 2.05) is 6.92 Å². The Labute approximate surface area is 107 Å². The van der Waals surface area contributed by atoms with Gasteiger partial charge in [0.25, 0.3) is 0 Å². The van der Waals surface area contributed by atoms with Crippen molar-refractivity contribution in [1.29, 1.82) is 0 Å². The van der Waals surface area contributed by atoms with E-state index < -0.39 is 24.0 Å². The zero-order valence-corrected chi connectivity index (χ0v) is 10.7. The van der Waals surface area contributed by atoms with Gasteiger partial charge < -0.3 is 21.3 Å². The van der Waals surface area contributed by atoms with Gasteiger partial charge in [0, 0.05) is 0 Å². The third kappa shape index (κ3) is 7.81. The molecule has 2 unspecified atom stereocenters. The Hall–Kier alpha value is -1.40. The summed E-state index contributed by atoms with van der Waals surface area (Å²) in [7, 11) is 0. The lowest BCUT2D eigenvalue weighted by Crippen LogP contribution is -2.33. The number of allylic oxidation sites excluding steroid dienone is 1. The van der Waals surface area contributed by atoms with Crippen LogP contribution in [0.2, 0.25) is 0 Å². The van der Waals surface area contributed by atoms with Crippen LogP contribution in [0, 0.1) is 0 Å². The number of carbonyl (C=O) groups is 2. The van der Waals surface area contributed by atoms with Crippen LogP contribution in [0.3, 0.4) is 0 Å². The highest BCUT2D eigenvalue weighted by molar-refractivity contribution is 5.76. The van der Waals surface area contributed by atoms with Crippen LogP contribution >= 0.6 is 0 Å². The van der Waals surface area contributed by atoms with Gasteiger partial charge in [-0.1, -0.05) is 13.3 Å². The molecule has 5 N–H and O–H groups in total. The van der Waals surface area contributed by atoms with Crippen molar-refractivity contribution in [3.05, 3.63) is 12.3 Å². The summed E-state index contributed by atoms with van der Waals surface area (Å²) in [5, 5.41) is 8.57. The predicted octanol–water partition coefficient (Wildman–Crippen LogP) is 0.753. The molecule has 0 heterocycles. The van der Waals surface area contributed by atoms with E-state index in [4.69, 9.17) is 21.3 Å². The Bertz CT molecular complexity index is 292. The second-order valence-electron chi connectivity index (χ2n) is 4.08. The van der Waals surface area contributed by atoms with Gasteiger partial charge in [0.05, 0.1) is 6.26 Å². The van der Waals surface area contributed by atoms with Crippen LogP contribution in [-0.4, -0.2) is 29.1 Å². The maximum Gasteiger partial charge on any atom is 0.327 e. The zero-order chi connectivity index (χ0) is 14.0. The summed E-state index contributed by atoms with van der Waals surface area (Å²) in [5.74, 6) is -1.56. The minimum absolute atomic E-state index is 0.294. The second-order valence-corrected chi connectivity index (χ2v) is 4.08. The van der Waals surface area contributed by atoms with Crippen molar-refractivity contribution in [2.24, 2.45) is 11.5 Å². The molecule has 0 aromatic heterocycles. The number of carboxylic acid groups (broad SMARTS) is 1. The summed E-state index contributed by atoms with van der Waals surface area (Å²) in [6.45, 7) is 2.02. The van der Waals surface area contributed by atoms with Gasteiger partial charge >= 0.3 is 11.9 Å². The summed E-state index contributed by atoms with van der Waals surface area (Å²) in [6, 6.07) is -1.64. The lowest BCUT2D eigenvalue weighted by Gasteiger charge is -2.10. The number of aliphatic carboxylic acids is 1. The highest BCUT2D eigenvalue weighted by Crippen LogP contribution is 2.04. The number of carboxylic acids is 1. The van der Waals surface area contributed by atoms with Gasteiger partial charge in [-0.15, -0.1) is 0 Å². The molecule has 0 aliphatic carbocycles. The van der Waals surface area contributed by atoms with Crippen LogP contribution in [0.15, 0.2) is 12.3 Å². The number of esters is 1. The van der Waals surface area contributed by atoms with E-state index in [0.717, 1.165) is 12.8 Å². The topological polar surface area (TPSA) is 116 Å². The SMILES string of the molecule is CCC/C=C/OC(=O)C(N)CCCC(N)C(=O)O. The lowest BCUT2D eigenvalue weighted by atomic mass is 10.1. The first-order valence-corrected chi connectivity index (χ1v) is 6.08. The second kappa shape index (κ2) is 9.61. The maximum absolute atomic E-state index is 11.4. The van der Waals surface area contributed by atoms with E-state index in [2.05, 4.69) is 0 Å². The number of ether oxygens (including phenoxy) is 1. The number of nitrogens with two attached hydrogens (primary N) is 2. The molecule has 6 nitrogen and oxygen atoms in total. The van der Waals surface area contributed by atoms with Crippen molar-refractivity contribution in [1.82, 2.24) is 0 Å². The molecule has 0 saturated carbocycles. The van der Waals surface area contributed by atoms with Gasteiger partial charge in [-0.25, -0.2) is 4.79 Å². The molecule has 0 bridgehead atoms. The Morgan fingerprint density at radius 2 is 1.89 bits per heavy atom. The van der Waals surface area contributed by atoms with Crippen molar-refractivity contribution in [3.63, 3.8) is 0 Å². The third-order valence-corrected chi connectivity index (χ3v) is 2.39. The van der Waals surface area contributed by atoms with Crippen molar-refractivity contribution >= 4 is 11.9 Å². The van der Waals surface area contributed by atoms with Gasteiger partial charge in [0.2, 0.25) is 0 Å². The smallest absolute Gasteiger partial charge is 0.327 e. The monoisotopic (exact) mass is 258 g/mol. The third-order valence-electron chi connectivity index (χ3n) is 2.39. The molecule has 18 heavy (non-hydrogen) atoms. The van der Waals surface area contributed by atoms with Gasteiger partial charge in [-0.2, -0.15) is 0 Å². The average molecular weight is 258 g/mol. The first-order valence-electron chi connectivity index (χ1n) is 6.08. The van der Waals surface area contributed by atoms with E-state index in [-0.39, 0.29) is 0 Å². The highest BCUT2D eigenvalue weighted by atomic mass is 16.5. The lowest BCUT2D eigenvalue weighted by molar-refractivity contribution is -0.139. The quantitative estimate of drug-likeness (QED) is 0.415. The Morgan fingerprint density at radius 3 is 2.44 bits per heavy atom. The fraction of sp³-hybridized carbons (Fsp3) is 0.667. The van der Waals surface area contributed by atoms with Gasteiger partial charge in [0.15, 0.2) is 0 Å². The summed E-state index contributed by atoms with van der Waals surface area (Å²) in [5.41, 5.74) is 10.9. The number of hydrogen-bond donors (Lipinski definition) is 3. The van der Waals surface area contributed by atoms with Crippen LogP contribution in [0.4, 0.5) is 0 Å². The number of unbranched alkanes of at least 4 members (excludes halogenated alkanes) is 1. The van der Waals surface area contributed by atoms with Crippen molar-refractivity contribution in [2.75, 3.05) is 0 Å². The van der Waals surface area contributed by atoms with E-state index in [1.54, 1.807) is 6.08 Å². The molecule has 0 fully saturated rings. The predicted molar refractivity (Wildman–Crippen MR) is 67.6 cm³/mol. The highest BCUT2D eigenvalue weighted by Gasteiger charge is 2.16. The minimum Gasteiger partial charge on any atom is -0.480 e. The number of hydrogen-bond acceptors (Lipinski definition) is 5.